The molecule has 3 aromatic rings. The van der Waals surface area contributed by atoms with Gasteiger partial charge in [0.25, 0.3) is 0 Å². The molecule has 0 atom stereocenters. The molecule has 0 aliphatic rings. The fraction of sp³-hybridized carbons (Fsp3) is 0.316. The Bertz CT molecular complexity index is 888. The van der Waals surface area contributed by atoms with Gasteiger partial charge >= 0.3 is 0 Å². The first-order valence-corrected chi connectivity index (χ1v) is 10.0. The molecule has 6 nitrogen and oxygen atoms in total. The number of nitrogens with one attached hydrogen (secondary N) is 2. The van der Waals surface area contributed by atoms with Crippen molar-refractivity contribution >= 4 is 28.9 Å². The number of rotatable bonds is 7. The number of benzene rings is 1. The minimum atomic E-state index is 0.467. The van der Waals surface area contributed by atoms with E-state index < -0.39 is 0 Å². The van der Waals surface area contributed by atoms with Crippen LogP contribution in [0.2, 0.25) is 5.02 Å². The van der Waals surface area contributed by atoms with Gasteiger partial charge in [0.15, 0.2) is 11.8 Å². The molecule has 3 rings (SSSR count). The van der Waals surface area contributed by atoms with Crippen molar-refractivity contribution in [3.63, 3.8) is 0 Å². The summed E-state index contributed by atoms with van der Waals surface area (Å²) in [7, 11) is 1.95. The highest BCUT2D eigenvalue weighted by Gasteiger charge is 2.06. The van der Waals surface area contributed by atoms with Crippen LogP contribution in [0.4, 0.5) is 0 Å². The fourth-order valence-electron chi connectivity index (χ4n) is 2.51. The summed E-state index contributed by atoms with van der Waals surface area (Å²) in [6, 6.07) is 12.1. The Kier molecular flexibility index (Phi) is 6.84. The predicted octanol–water partition coefficient (Wildman–Crippen LogP) is 3.32. The van der Waals surface area contributed by atoms with Crippen molar-refractivity contribution < 1.29 is 0 Å². The van der Waals surface area contributed by atoms with Crippen LogP contribution in [-0.4, -0.2) is 27.3 Å². The van der Waals surface area contributed by atoms with Crippen molar-refractivity contribution in [1.29, 1.82) is 0 Å². The largest absolute Gasteiger partial charge is 0.356 e. The number of aromatic nitrogens is 3. The molecule has 8 heteroatoms. The summed E-state index contributed by atoms with van der Waals surface area (Å²) in [5, 5.41) is 17.9. The minimum Gasteiger partial charge on any atom is -0.356 e. The van der Waals surface area contributed by atoms with Gasteiger partial charge in [-0.3, -0.25) is 0 Å². The summed E-state index contributed by atoms with van der Waals surface area (Å²) in [4.78, 5) is 5.92. The molecule has 0 unspecified atom stereocenters. The van der Waals surface area contributed by atoms with Gasteiger partial charge in [0.1, 0.15) is 12.4 Å². The van der Waals surface area contributed by atoms with E-state index in [0.29, 0.717) is 6.54 Å². The highest BCUT2D eigenvalue weighted by atomic mass is 35.5. The minimum absolute atomic E-state index is 0.467. The van der Waals surface area contributed by atoms with Gasteiger partial charge in [0.2, 0.25) is 0 Å². The average Bonchev–Trinajstić information content (AvgIpc) is 3.28. The molecule has 0 aliphatic carbocycles. The summed E-state index contributed by atoms with van der Waals surface area (Å²) in [6.07, 6.45) is 0.864. The quantitative estimate of drug-likeness (QED) is 0.470. The monoisotopic (exact) mass is 402 g/mol. The summed E-state index contributed by atoms with van der Waals surface area (Å²) in [5.41, 5.74) is 1.19. The Balaban J connectivity index is 1.61. The van der Waals surface area contributed by atoms with Crippen molar-refractivity contribution in [2.24, 2.45) is 12.0 Å². The molecular weight excluding hydrogens is 380 g/mol. The van der Waals surface area contributed by atoms with Gasteiger partial charge in [0, 0.05) is 23.5 Å². The smallest absolute Gasteiger partial charge is 0.192 e. The van der Waals surface area contributed by atoms with Crippen LogP contribution in [0.1, 0.15) is 22.1 Å². The molecule has 0 amide bonds. The van der Waals surface area contributed by atoms with Gasteiger partial charge in [0.05, 0.1) is 6.54 Å². The summed E-state index contributed by atoms with van der Waals surface area (Å²) < 4.78 is 1.95. The Morgan fingerprint density at radius 2 is 2.11 bits per heavy atom. The van der Waals surface area contributed by atoms with Crippen LogP contribution in [0.25, 0.3) is 0 Å². The third kappa shape index (κ3) is 5.80. The van der Waals surface area contributed by atoms with Crippen LogP contribution in [-0.2, 0) is 26.6 Å². The first kappa shape index (κ1) is 19.4. The van der Waals surface area contributed by atoms with Crippen LogP contribution in [0.5, 0.6) is 0 Å². The van der Waals surface area contributed by atoms with Crippen molar-refractivity contribution in [2.75, 3.05) is 6.54 Å². The normalized spacial score (nSPS) is 11.6. The van der Waals surface area contributed by atoms with Crippen molar-refractivity contribution in [3.05, 3.63) is 68.9 Å². The zero-order valence-electron chi connectivity index (χ0n) is 15.4. The highest BCUT2D eigenvalue weighted by molar-refractivity contribution is 7.09. The van der Waals surface area contributed by atoms with E-state index in [9.17, 15) is 0 Å². The van der Waals surface area contributed by atoms with Crippen molar-refractivity contribution in [1.82, 2.24) is 25.4 Å². The molecule has 2 heterocycles. The first-order valence-electron chi connectivity index (χ1n) is 8.75. The van der Waals surface area contributed by atoms with Crippen LogP contribution >= 0.6 is 22.9 Å². The van der Waals surface area contributed by atoms with Gasteiger partial charge < -0.3 is 15.2 Å². The summed E-state index contributed by atoms with van der Waals surface area (Å²) in [5.74, 6) is 2.47. The number of aliphatic imine (C=N–C) groups is 1. The third-order valence-electron chi connectivity index (χ3n) is 4.17. The lowest BCUT2D eigenvalue weighted by molar-refractivity contribution is 0.750. The van der Waals surface area contributed by atoms with Crippen LogP contribution in [0.15, 0.2) is 46.8 Å². The number of halogens is 1. The lowest BCUT2D eigenvalue weighted by Crippen LogP contribution is -2.38. The number of hydrogen-bond donors (Lipinski definition) is 2. The second-order valence-electron chi connectivity index (χ2n) is 6.13. The maximum atomic E-state index is 6.06. The molecule has 0 fully saturated rings. The summed E-state index contributed by atoms with van der Waals surface area (Å²) in [6.45, 7) is 3.89. The van der Waals surface area contributed by atoms with E-state index in [1.807, 2.05) is 42.8 Å². The topological polar surface area (TPSA) is 67.1 Å². The van der Waals surface area contributed by atoms with E-state index in [1.54, 1.807) is 11.3 Å². The lowest BCUT2D eigenvalue weighted by Gasteiger charge is -2.12. The molecule has 0 saturated heterocycles. The van der Waals surface area contributed by atoms with Crippen molar-refractivity contribution in [3.8, 4) is 0 Å². The van der Waals surface area contributed by atoms with Gasteiger partial charge in [-0.1, -0.05) is 29.8 Å². The Hall–Kier alpha value is -2.38. The number of aryl methyl sites for hydroxylation is 1. The average molecular weight is 403 g/mol. The Labute approximate surface area is 168 Å². The van der Waals surface area contributed by atoms with Crippen LogP contribution in [0.3, 0.4) is 0 Å². The number of guanidine groups is 1. The first-order chi connectivity index (χ1) is 13.1. The molecule has 2 aromatic heterocycles. The zero-order valence-corrected chi connectivity index (χ0v) is 17.0. The third-order valence-corrected chi connectivity index (χ3v) is 5.28. The van der Waals surface area contributed by atoms with Gasteiger partial charge in [-0.05, 0) is 42.5 Å². The van der Waals surface area contributed by atoms with Gasteiger partial charge in [-0.15, -0.1) is 21.5 Å². The predicted molar refractivity (Wildman–Crippen MR) is 111 cm³/mol. The molecule has 0 spiro atoms. The molecular formula is C19H23ClN6S. The summed E-state index contributed by atoms with van der Waals surface area (Å²) >= 11 is 7.78. The van der Waals surface area contributed by atoms with Gasteiger partial charge in [-0.2, -0.15) is 0 Å². The van der Waals surface area contributed by atoms with E-state index >= 15 is 0 Å². The number of hydrogen-bond acceptors (Lipinski definition) is 4. The highest BCUT2D eigenvalue weighted by Crippen LogP contribution is 2.11. The number of nitrogens with zero attached hydrogens (tertiary/aromatic N) is 4. The van der Waals surface area contributed by atoms with E-state index in [4.69, 9.17) is 11.6 Å². The molecule has 27 heavy (non-hydrogen) atoms. The maximum absolute atomic E-state index is 6.06. The fourth-order valence-corrected chi connectivity index (χ4v) is 3.37. The SMILES string of the molecule is Cc1nnc(CN=C(NCCc2cccc(Cl)c2)NCc2cccs2)n1C. The standard InChI is InChI=1S/C19H23ClN6S/c1-14-24-25-18(26(14)2)13-23-19(22-12-17-7-4-10-27-17)21-9-8-15-5-3-6-16(20)11-15/h3-7,10-11H,8-9,12-13H2,1-2H3,(H2,21,22,23). The molecule has 0 radical (unpaired) electrons. The Morgan fingerprint density at radius 3 is 2.81 bits per heavy atom. The van der Waals surface area contributed by atoms with Crippen LogP contribution < -0.4 is 10.6 Å². The lowest BCUT2D eigenvalue weighted by atomic mass is 10.1. The Morgan fingerprint density at radius 1 is 1.22 bits per heavy atom. The van der Waals surface area contributed by atoms with Crippen molar-refractivity contribution in [2.45, 2.75) is 26.4 Å². The molecule has 0 aliphatic heterocycles. The molecule has 0 bridgehead atoms. The molecule has 1 aromatic carbocycles. The van der Waals surface area contributed by atoms with E-state index in [2.05, 4.69) is 43.3 Å². The molecule has 0 saturated carbocycles. The van der Waals surface area contributed by atoms with Crippen LogP contribution in [0, 0.1) is 6.92 Å². The van der Waals surface area contributed by atoms with E-state index in [-0.39, 0.29) is 0 Å². The second-order valence-corrected chi connectivity index (χ2v) is 7.60. The molecule has 142 valence electrons. The maximum Gasteiger partial charge on any atom is 0.192 e. The van der Waals surface area contributed by atoms with E-state index in [1.165, 1.54) is 10.4 Å². The second kappa shape index (κ2) is 9.53. The van der Waals surface area contributed by atoms with Gasteiger partial charge in [-0.25, -0.2) is 4.99 Å². The van der Waals surface area contributed by atoms with E-state index in [0.717, 1.165) is 42.1 Å². The molecule has 2 N–H and O–H groups in total. The number of thiophene rings is 1. The zero-order chi connectivity index (χ0) is 19.1.